The van der Waals surface area contributed by atoms with Gasteiger partial charge in [0.1, 0.15) is 9.34 Å². The number of halogens is 1. The van der Waals surface area contributed by atoms with Crippen molar-refractivity contribution in [2.24, 2.45) is 0 Å². The zero-order valence-electron chi connectivity index (χ0n) is 5.88. The molecule has 0 saturated carbocycles. The fourth-order valence-corrected chi connectivity index (χ4v) is 1.57. The van der Waals surface area contributed by atoms with Crippen molar-refractivity contribution in [3.05, 3.63) is 15.5 Å². The summed E-state index contributed by atoms with van der Waals surface area (Å²) >= 11 is 7.10. The van der Waals surface area contributed by atoms with E-state index in [4.69, 9.17) is 16.7 Å². The van der Waals surface area contributed by atoms with Gasteiger partial charge in [0.25, 0.3) is 0 Å². The minimum Gasteiger partial charge on any atom is -0.395 e. The van der Waals surface area contributed by atoms with Crippen molar-refractivity contribution in [1.29, 1.82) is 0 Å². The van der Waals surface area contributed by atoms with E-state index in [2.05, 4.69) is 10.3 Å². The average molecular weight is 193 g/mol. The molecule has 11 heavy (non-hydrogen) atoms. The van der Waals surface area contributed by atoms with E-state index in [-0.39, 0.29) is 6.61 Å². The van der Waals surface area contributed by atoms with Gasteiger partial charge in [-0.1, -0.05) is 11.6 Å². The molecular formula is C6H9ClN2OS. The minimum absolute atomic E-state index is 0.152. The first-order valence-corrected chi connectivity index (χ1v) is 4.44. The zero-order valence-corrected chi connectivity index (χ0v) is 7.45. The SMILES string of the molecule is OCCNCc1ncc(Cl)s1. The Labute approximate surface area is 74.0 Å². The molecule has 0 radical (unpaired) electrons. The van der Waals surface area contributed by atoms with Gasteiger partial charge in [-0.05, 0) is 0 Å². The van der Waals surface area contributed by atoms with Gasteiger partial charge in [0.2, 0.25) is 0 Å². The first-order valence-electron chi connectivity index (χ1n) is 3.24. The molecule has 0 aromatic carbocycles. The highest BCUT2D eigenvalue weighted by molar-refractivity contribution is 7.15. The normalized spacial score (nSPS) is 10.4. The molecule has 0 saturated heterocycles. The predicted octanol–water partition coefficient (Wildman–Crippen LogP) is 0.878. The number of aliphatic hydroxyl groups is 1. The molecule has 1 rings (SSSR count). The summed E-state index contributed by atoms with van der Waals surface area (Å²) in [7, 11) is 0. The maximum Gasteiger partial charge on any atom is 0.113 e. The Hall–Kier alpha value is -0.160. The van der Waals surface area contributed by atoms with Gasteiger partial charge in [-0.2, -0.15) is 0 Å². The average Bonchev–Trinajstić information content (AvgIpc) is 2.37. The van der Waals surface area contributed by atoms with Crippen LogP contribution in [0.3, 0.4) is 0 Å². The lowest BCUT2D eigenvalue weighted by atomic mass is 10.6. The summed E-state index contributed by atoms with van der Waals surface area (Å²) < 4.78 is 0.700. The first kappa shape index (κ1) is 8.93. The highest BCUT2D eigenvalue weighted by Crippen LogP contribution is 2.17. The van der Waals surface area contributed by atoms with Crippen LogP contribution in [0.4, 0.5) is 0 Å². The number of nitrogens with zero attached hydrogens (tertiary/aromatic N) is 1. The van der Waals surface area contributed by atoms with Crippen LogP contribution >= 0.6 is 22.9 Å². The highest BCUT2D eigenvalue weighted by Gasteiger charge is 1.97. The van der Waals surface area contributed by atoms with Crippen molar-refractivity contribution in [3.8, 4) is 0 Å². The van der Waals surface area contributed by atoms with Crippen molar-refractivity contribution >= 4 is 22.9 Å². The summed E-state index contributed by atoms with van der Waals surface area (Å²) in [6.07, 6.45) is 1.63. The monoisotopic (exact) mass is 192 g/mol. The van der Waals surface area contributed by atoms with Crippen LogP contribution < -0.4 is 5.32 Å². The maximum absolute atomic E-state index is 8.44. The second kappa shape index (κ2) is 4.66. The van der Waals surface area contributed by atoms with Gasteiger partial charge in [0.05, 0.1) is 12.8 Å². The fraction of sp³-hybridized carbons (Fsp3) is 0.500. The first-order chi connectivity index (χ1) is 5.33. The van der Waals surface area contributed by atoms with E-state index in [0.717, 1.165) is 5.01 Å². The number of hydrogen-bond donors (Lipinski definition) is 2. The van der Waals surface area contributed by atoms with E-state index in [1.807, 2.05) is 0 Å². The smallest absolute Gasteiger partial charge is 0.113 e. The predicted molar refractivity (Wildman–Crippen MR) is 45.9 cm³/mol. The summed E-state index contributed by atoms with van der Waals surface area (Å²) in [5, 5.41) is 12.4. The lowest BCUT2D eigenvalue weighted by Crippen LogP contribution is -2.17. The summed E-state index contributed by atoms with van der Waals surface area (Å²) in [6, 6.07) is 0. The van der Waals surface area contributed by atoms with Gasteiger partial charge in [-0.15, -0.1) is 11.3 Å². The van der Waals surface area contributed by atoms with Gasteiger partial charge >= 0.3 is 0 Å². The molecule has 1 aromatic heterocycles. The highest BCUT2D eigenvalue weighted by atomic mass is 35.5. The molecule has 2 N–H and O–H groups in total. The third kappa shape index (κ3) is 3.16. The molecule has 62 valence electrons. The molecule has 5 heteroatoms. The molecule has 0 aliphatic rings. The number of aliphatic hydroxyl groups excluding tert-OH is 1. The molecule has 0 aliphatic carbocycles. The van der Waals surface area contributed by atoms with Crippen molar-refractivity contribution in [3.63, 3.8) is 0 Å². The van der Waals surface area contributed by atoms with Crippen LogP contribution in [0.5, 0.6) is 0 Å². The molecule has 1 aromatic rings. The fourth-order valence-electron chi connectivity index (χ4n) is 0.644. The van der Waals surface area contributed by atoms with E-state index in [1.165, 1.54) is 11.3 Å². The van der Waals surface area contributed by atoms with Crippen molar-refractivity contribution in [2.75, 3.05) is 13.2 Å². The summed E-state index contributed by atoms with van der Waals surface area (Å²) in [6.45, 7) is 1.42. The number of rotatable bonds is 4. The maximum atomic E-state index is 8.44. The van der Waals surface area contributed by atoms with Crippen LogP contribution in [0.25, 0.3) is 0 Å². The van der Waals surface area contributed by atoms with E-state index in [0.29, 0.717) is 17.4 Å². The quantitative estimate of drug-likeness (QED) is 0.697. The summed E-state index contributed by atoms with van der Waals surface area (Å²) in [4.78, 5) is 4.03. The molecule has 3 nitrogen and oxygen atoms in total. The Bertz CT molecular complexity index is 216. The van der Waals surface area contributed by atoms with Gasteiger partial charge in [-0.25, -0.2) is 4.98 Å². The Morgan fingerprint density at radius 2 is 2.55 bits per heavy atom. The van der Waals surface area contributed by atoms with Gasteiger partial charge in [-0.3, -0.25) is 0 Å². The van der Waals surface area contributed by atoms with E-state index < -0.39 is 0 Å². The molecule has 0 unspecified atom stereocenters. The van der Waals surface area contributed by atoms with Gasteiger partial charge in [0.15, 0.2) is 0 Å². The van der Waals surface area contributed by atoms with Crippen molar-refractivity contribution in [2.45, 2.75) is 6.54 Å². The standard InChI is InChI=1S/C6H9ClN2OS/c7-5-3-9-6(11-5)4-8-1-2-10/h3,8,10H,1-2,4H2. The Morgan fingerprint density at radius 3 is 3.09 bits per heavy atom. The largest absolute Gasteiger partial charge is 0.395 e. The Balaban J connectivity index is 2.27. The van der Waals surface area contributed by atoms with Crippen LogP contribution in [0.15, 0.2) is 6.20 Å². The Morgan fingerprint density at radius 1 is 1.73 bits per heavy atom. The van der Waals surface area contributed by atoms with Crippen LogP contribution in [-0.2, 0) is 6.54 Å². The van der Waals surface area contributed by atoms with Crippen LogP contribution in [-0.4, -0.2) is 23.2 Å². The molecule has 0 spiro atoms. The van der Waals surface area contributed by atoms with Gasteiger partial charge in [0, 0.05) is 13.1 Å². The minimum atomic E-state index is 0.152. The van der Waals surface area contributed by atoms with Crippen LogP contribution in [0.2, 0.25) is 4.34 Å². The van der Waals surface area contributed by atoms with E-state index in [1.54, 1.807) is 6.20 Å². The number of thiazole rings is 1. The number of aromatic nitrogens is 1. The van der Waals surface area contributed by atoms with Crippen LogP contribution in [0.1, 0.15) is 5.01 Å². The summed E-state index contributed by atoms with van der Waals surface area (Å²) in [5.41, 5.74) is 0. The second-order valence-corrected chi connectivity index (χ2v) is 3.71. The molecule has 0 atom stereocenters. The lowest BCUT2D eigenvalue weighted by molar-refractivity contribution is 0.292. The van der Waals surface area contributed by atoms with Gasteiger partial charge < -0.3 is 10.4 Å². The van der Waals surface area contributed by atoms with Crippen molar-refractivity contribution < 1.29 is 5.11 Å². The molecule has 0 aliphatic heterocycles. The number of hydrogen-bond acceptors (Lipinski definition) is 4. The van der Waals surface area contributed by atoms with Crippen molar-refractivity contribution in [1.82, 2.24) is 10.3 Å². The molecule has 0 bridgehead atoms. The molecular weight excluding hydrogens is 184 g/mol. The number of nitrogens with one attached hydrogen (secondary N) is 1. The molecule has 0 amide bonds. The third-order valence-electron chi connectivity index (χ3n) is 1.09. The lowest BCUT2D eigenvalue weighted by Gasteiger charge is -1.96. The van der Waals surface area contributed by atoms with E-state index >= 15 is 0 Å². The second-order valence-electron chi connectivity index (χ2n) is 1.96. The third-order valence-corrected chi connectivity index (χ3v) is 2.20. The molecule has 1 heterocycles. The van der Waals surface area contributed by atoms with E-state index in [9.17, 15) is 0 Å². The summed E-state index contributed by atoms with van der Waals surface area (Å²) in [5.74, 6) is 0. The zero-order chi connectivity index (χ0) is 8.10. The molecule has 0 fully saturated rings. The topological polar surface area (TPSA) is 45.1 Å². The van der Waals surface area contributed by atoms with Crippen LogP contribution in [0, 0.1) is 0 Å². The Kier molecular flexibility index (Phi) is 3.79.